The zero-order chi connectivity index (χ0) is 18.5. The van der Waals surface area contributed by atoms with Gasteiger partial charge in [0, 0.05) is 24.4 Å². The molecule has 0 aliphatic rings. The van der Waals surface area contributed by atoms with Crippen LogP contribution in [0.15, 0.2) is 12.3 Å². The van der Waals surface area contributed by atoms with Gasteiger partial charge in [-0.25, -0.2) is 4.98 Å². The van der Waals surface area contributed by atoms with Gasteiger partial charge >= 0.3 is 0 Å². The summed E-state index contributed by atoms with van der Waals surface area (Å²) in [5, 5.41) is 12.9. The van der Waals surface area contributed by atoms with E-state index in [0.717, 1.165) is 17.9 Å². The molecule has 1 N–H and O–H groups in total. The third-order valence-electron chi connectivity index (χ3n) is 3.74. The van der Waals surface area contributed by atoms with Gasteiger partial charge in [-0.2, -0.15) is 5.26 Å². The highest BCUT2D eigenvalue weighted by Gasteiger charge is 2.29. The molecule has 6 nitrogen and oxygen atoms in total. The van der Waals surface area contributed by atoms with E-state index in [1.165, 1.54) is 0 Å². The summed E-state index contributed by atoms with van der Waals surface area (Å²) in [5.41, 5.74) is 0.861. The molecule has 1 aromatic heterocycles. The van der Waals surface area contributed by atoms with Crippen molar-refractivity contribution in [2.75, 3.05) is 40.1 Å². The van der Waals surface area contributed by atoms with Crippen molar-refractivity contribution in [3.63, 3.8) is 0 Å². The fourth-order valence-electron chi connectivity index (χ4n) is 2.67. The van der Waals surface area contributed by atoms with Gasteiger partial charge in [0.1, 0.15) is 23.8 Å². The first-order chi connectivity index (χ1) is 11.1. The number of nitrogens with zero attached hydrogens (tertiary/aromatic N) is 4. The van der Waals surface area contributed by atoms with E-state index in [4.69, 9.17) is 4.74 Å². The van der Waals surface area contributed by atoms with Crippen LogP contribution in [0.3, 0.4) is 0 Å². The molecule has 0 fully saturated rings. The summed E-state index contributed by atoms with van der Waals surface area (Å²) in [6.45, 7) is 9.13. The number of anilines is 1. The van der Waals surface area contributed by atoms with Crippen molar-refractivity contribution in [3.8, 4) is 11.8 Å². The second-order valence-corrected chi connectivity index (χ2v) is 7.35. The zero-order valence-corrected chi connectivity index (χ0v) is 16.2. The van der Waals surface area contributed by atoms with Crippen molar-refractivity contribution in [1.29, 1.82) is 5.26 Å². The van der Waals surface area contributed by atoms with Gasteiger partial charge in [-0.15, -0.1) is 0 Å². The summed E-state index contributed by atoms with van der Waals surface area (Å²) in [6, 6.07) is 4.18. The highest BCUT2D eigenvalue weighted by molar-refractivity contribution is 5.47. The molecule has 134 valence electrons. The molecule has 0 amide bonds. The van der Waals surface area contributed by atoms with Crippen molar-refractivity contribution < 1.29 is 4.74 Å². The number of pyridine rings is 1. The second kappa shape index (κ2) is 8.32. The van der Waals surface area contributed by atoms with Crippen LogP contribution in [0.2, 0.25) is 0 Å². The fourth-order valence-corrected chi connectivity index (χ4v) is 2.67. The molecule has 0 spiro atoms. The number of nitrogens with one attached hydrogen (secondary N) is 1. The average molecular weight is 333 g/mol. The minimum atomic E-state index is -0.618. The van der Waals surface area contributed by atoms with E-state index in [1.54, 1.807) is 0 Å². The number of ether oxygens (including phenoxy) is 1. The molecule has 1 rings (SSSR count). The van der Waals surface area contributed by atoms with Gasteiger partial charge in [-0.05, 0) is 40.5 Å². The van der Waals surface area contributed by atoms with E-state index in [2.05, 4.69) is 37.1 Å². The topological polar surface area (TPSA) is 64.4 Å². The van der Waals surface area contributed by atoms with Gasteiger partial charge in [0.05, 0.1) is 0 Å². The zero-order valence-electron chi connectivity index (χ0n) is 16.2. The van der Waals surface area contributed by atoms with E-state index >= 15 is 0 Å². The number of rotatable bonds is 7. The van der Waals surface area contributed by atoms with E-state index < -0.39 is 6.10 Å². The van der Waals surface area contributed by atoms with E-state index in [9.17, 15) is 5.26 Å². The first-order valence-electron chi connectivity index (χ1n) is 8.25. The third-order valence-corrected chi connectivity index (χ3v) is 3.74. The first-order valence-corrected chi connectivity index (χ1v) is 8.25. The van der Waals surface area contributed by atoms with Gasteiger partial charge < -0.3 is 10.1 Å². The predicted octanol–water partition coefficient (Wildman–Crippen LogP) is 2.53. The number of likely N-dealkylation sites (N-methyl/N-ethyl adjacent to an activating group) is 2. The molecule has 1 heterocycles. The molecular weight excluding hydrogens is 302 g/mol. The Hall–Kier alpha value is -1.84. The minimum Gasteiger partial charge on any atom is -0.472 e. The van der Waals surface area contributed by atoms with Crippen LogP contribution in [0.5, 0.6) is 5.75 Å². The summed E-state index contributed by atoms with van der Waals surface area (Å²) < 4.78 is 6.17. The van der Waals surface area contributed by atoms with Gasteiger partial charge in [0.25, 0.3) is 0 Å². The van der Waals surface area contributed by atoms with Crippen molar-refractivity contribution in [2.24, 2.45) is 0 Å². The normalized spacial score (nSPS) is 13.2. The molecule has 0 saturated carbocycles. The monoisotopic (exact) mass is 333 g/mol. The Morgan fingerprint density at radius 1 is 1.25 bits per heavy atom. The van der Waals surface area contributed by atoms with Gasteiger partial charge in [0.2, 0.25) is 6.10 Å². The quantitative estimate of drug-likeness (QED) is 0.774. The van der Waals surface area contributed by atoms with Crippen LogP contribution >= 0.6 is 0 Å². The molecule has 1 unspecified atom stereocenters. The number of aromatic nitrogens is 1. The Morgan fingerprint density at radius 2 is 1.83 bits per heavy atom. The Kier molecular flexibility index (Phi) is 7.00. The summed E-state index contributed by atoms with van der Waals surface area (Å²) >= 11 is 0. The predicted molar refractivity (Wildman–Crippen MR) is 98.3 cm³/mol. The Morgan fingerprint density at radius 3 is 2.25 bits per heavy atom. The number of nitriles is 1. The average Bonchev–Trinajstić information content (AvgIpc) is 2.45. The van der Waals surface area contributed by atoms with Crippen molar-refractivity contribution in [2.45, 2.75) is 45.4 Å². The molecule has 6 heteroatoms. The lowest BCUT2D eigenvalue weighted by Crippen LogP contribution is -2.50. The van der Waals surface area contributed by atoms with Crippen LogP contribution in [0.1, 0.15) is 33.3 Å². The van der Waals surface area contributed by atoms with Crippen LogP contribution < -0.4 is 10.1 Å². The van der Waals surface area contributed by atoms with E-state index in [-0.39, 0.29) is 11.6 Å². The highest BCUT2D eigenvalue weighted by Crippen LogP contribution is 2.33. The van der Waals surface area contributed by atoms with Crippen LogP contribution in [0, 0.1) is 11.3 Å². The SMILES string of the molecule is CCNc1cc(OC(C#N)C(N(C)C)N(C)C)c(C(C)(C)C)cn1. The Bertz CT molecular complexity index is 564. The van der Waals surface area contributed by atoms with Gasteiger partial charge in [-0.3, -0.25) is 9.80 Å². The van der Waals surface area contributed by atoms with Gasteiger partial charge in [-0.1, -0.05) is 20.8 Å². The highest BCUT2D eigenvalue weighted by atomic mass is 16.5. The lowest BCUT2D eigenvalue weighted by Gasteiger charge is -2.34. The lowest BCUT2D eigenvalue weighted by molar-refractivity contribution is 0.0399. The summed E-state index contributed by atoms with van der Waals surface area (Å²) in [5.74, 6) is 1.46. The molecule has 0 bridgehead atoms. The summed E-state index contributed by atoms with van der Waals surface area (Å²) in [6.07, 6.45) is 1.06. The molecule has 0 aliphatic carbocycles. The maximum Gasteiger partial charge on any atom is 0.212 e. The van der Waals surface area contributed by atoms with Gasteiger partial charge in [0.15, 0.2) is 0 Å². The number of hydrogen-bond acceptors (Lipinski definition) is 6. The fraction of sp³-hybridized carbons (Fsp3) is 0.667. The molecule has 0 aromatic carbocycles. The summed E-state index contributed by atoms with van der Waals surface area (Å²) in [7, 11) is 7.78. The molecular formula is C18H31N5O. The third kappa shape index (κ3) is 5.08. The standard InChI is InChI=1S/C18H31N5O/c1-9-20-16-10-14(13(12-21-16)18(2,3)4)24-15(11-19)17(22(5)6)23(7)8/h10,12,15,17H,9H2,1-8H3,(H,20,21). The van der Waals surface area contributed by atoms with Crippen LogP contribution in [0.4, 0.5) is 5.82 Å². The van der Waals surface area contributed by atoms with E-state index in [1.807, 2.05) is 57.2 Å². The smallest absolute Gasteiger partial charge is 0.212 e. The maximum absolute atomic E-state index is 9.66. The minimum absolute atomic E-state index is 0.126. The largest absolute Gasteiger partial charge is 0.472 e. The van der Waals surface area contributed by atoms with Crippen LogP contribution in [-0.2, 0) is 5.41 Å². The molecule has 0 aliphatic heterocycles. The summed E-state index contributed by atoms with van der Waals surface area (Å²) in [4.78, 5) is 8.42. The molecule has 0 saturated heterocycles. The lowest BCUT2D eigenvalue weighted by atomic mass is 9.87. The van der Waals surface area contributed by atoms with Crippen LogP contribution in [-0.4, -0.2) is 61.8 Å². The van der Waals surface area contributed by atoms with Crippen LogP contribution in [0.25, 0.3) is 0 Å². The van der Waals surface area contributed by atoms with Crippen molar-refractivity contribution in [1.82, 2.24) is 14.8 Å². The number of hydrogen-bond donors (Lipinski definition) is 1. The van der Waals surface area contributed by atoms with Crippen molar-refractivity contribution >= 4 is 5.82 Å². The Labute approximate surface area is 146 Å². The second-order valence-electron chi connectivity index (χ2n) is 7.35. The Balaban J connectivity index is 3.26. The van der Waals surface area contributed by atoms with Crippen molar-refractivity contribution in [3.05, 3.63) is 17.8 Å². The molecule has 1 atom stereocenters. The first kappa shape index (κ1) is 20.2. The molecule has 0 radical (unpaired) electrons. The molecule has 1 aromatic rings. The maximum atomic E-state index is 9.66. The molecule has 24 heavy (non-hydrogen) atoms. The van der Waals surface area contributed by atoms with E-state index in [0.29, 0.717) is 5.75 Å².